The largest absolute Gasteiger partial charge is 0.294 e. The van der Waals surface area contributed by atoms with Gasteiger partial charge in [-0.3, -0.25) is 5.09 Å². The van der Waals surface area contributed by atoms with Crippen LogP contribution >= 0.6 is 8.73 Å². The van der Waals surface area contributed by atoms with Gasteiger partial charge in [0.2, 0.25) is 5.82 Å². The Balaban J connectivity index is -0.000000346. The van der Waals surface area contributed by atoms with Crippen LogP contribution in [0.5, 0.6) is 0 Å². The average Bonchev–Trinajstić information content (AvgIpc) is 2.69. The molecule has 0 amide bonds. The van der Waals surface area contributed by atoms with Gasteiger partial charge in [-0.05, 0) is 26.4 Å². The summed E-state index contributed by atoms with van der Waals surface area (Å²) in [6, 6.07) is 0. The van der Waals surface area contributed by atoms with E-state index in [4.69, 9.17) is 0 Å². The number of unbranched alkanes of at least 4 members (excludes halogenated alkanes) is 1. The fraction of sp³-hybridized carbons (Fsp3) is 0.474. The van der Waals surface area contributed by atoms with Crippen molar-refractivity contribution in [3.8, 4) is 12.8 Å². The van der Waals surface area contributed by atoms with Crippen LogP contribution in [0.4, 0.5) is 22.0 Å². The van der Waals surface area contributed by atoms with Gasteiger partial charge in [0.1, 0.15) is 0 Å². The molecule has 1 aromatic rings. The molecule has 1 rings (SSSR count). The molecule has 1 aromatic carbocycles. The molecule has 0 bridgehead atoms. The molecule has 0 fully saturated rings. The van der Waals surface area contributed by atoms with E-state index in [-0.39, 0.29) is 0 Å². The van der Waals surface area contributed by atoms with E-state index in [2.05, 4.69) is 38.1 Å². The van der Waals surface area contributed by atoms with Crippen LogP contribution in [-0.4, -0.2) is 13.2 Å². The standard InChI is InChI=1S/C8H18NP.C7H3F5.C2H6.C2H2/c1-4-5-6-8(2)7-9-10-3;1-2-3(8)5(10)7(12)6(11)4(2)9;2*1-2/h9-10H,2,4-7H2,1,3H3;1H3;1-2H3;1-2H. The lowest BCUT2D eigenvalue weighted by Gasteiger charge is -2.03. The van der Waals surface area contributed by atoms with E-state index < -0.39 is 34.6 Å². The van der Waals surface area contributed by atoms with Crippen LogP contribution < -0.4 is 5.09 Å². The van der Waals surface area contributed by atoms with E-state index in [1.807, 2.05) is 13.8 Å². The SMILES string of the molecule is C#C.C=C(CCCC)CNPC.CC.Cc1c(F)c(F)c(F)c(F)c1F. The van der Waals surface area contributed by atoms with Gasteiger partial charge in [0, 0.05) is 12.1 Å². The van der Waals surface area contributed by atoms with Crippen LogP contribution in [0.15, 0.2) is 12.2 Å². The highest BCUT2D eigenvalue weighted by molar-refractivity contribution is 7.34. The predicted molar refractivity (Wildman–Crippen MR) is 103 cm³/mol. The van der Waals surface area contributed by atoms with E-state index in [0.29, 0.717) is 0 Å². The Labute approximate surface area is 156 Å². The number of halogens is 5. The number of nitrogens with one attached hydrogen (secondary N) is 1. The summed E-state index contributed by atoms with van der Waals surface area (Å²) in [6.45, 7) is 14.2. The first-order valence-electron chi connectivity index (χ1n) is 8.15. The van der Waals surface area contributed by atoms with Gasteiger partial charge in [0.05, 0.1) is 0 Å². The van der Waals surface area contributed by atoms with Crippen molar-refractivity contribution >= 4 is 8.73 Å². The molecule has 0 radical (unpaired) electrons. The molecule has 0 spiro atoms. The van der Waals surface area contributed by atoms with E-state index in [1.54, 1.807) is 0 Å². The quantitative estimate of drug-likeness (QED) is 0.144. The maximum absolute atomic E-state index is 12.4. The molecule has 1 unspecified atom stereocenters. The minimum atomic E-state index is -2.13. The normalized spacial score (nSPS) is 9.38. The molecule has 0 saturated carbocycles. The van der Waals surface area contributed by atoms with Crippen molar-refractivity contribution in [3.63, 3.8) is 0 Å². The third kappa shape index (κ3) is 11.2. The Hall–Kier alpha value is -1.44. The average molecular weight is 397 g/mol. The summed E-state index contributed by atoms with van der Waals surface area (Å²) in [5.41, 5.74) is 0.475. The first kappa shape index (κ1) is 29.3. The number of rotatable bonds is 6. The van der Waals surface area contributed by atoms with Crippen LogP contribution in [0.25, 0.3) is 0 Å². The van der Waals surface area contributed by atoms with Gasteiger partial charge < -0.3 is 0 Å². The van der Waals surface area contributed by atoms with Gasteiger partial charge in [-0.25, -0.2) is 22.0 Å². The third-order valence-corrected chi connectivity index (χ3v) is 3.36. The third-order valence-electron chi connectivity index (χ3n) is 2.83. The predicted octanol–water partition coefficient (Wildman–Crippen LogP) is 6.51. The van der Waals surface area contributed by atoms with Crippen molar-refractivity contribution < 1.29 is 22.0 Å². The van der Waals surface area contributed by atoms with Crippen LogP contribution in [0, 0.1) is 48.9 Å². The highest BCUT2D eigenvalue weighted by Crippen LogP contribution is 2.21. The second kappa shape index (κ2) is 18.4. The maximum atomic E-state index is 12.4. The van der Waals surface area contributed by atoms with Crippen LogP contribution in [0.2, 0.25) is 0 Å². The summed E-state index contributed by atoms with van der Waals surface area (Å²) < 4.78 is 61.6. The first-order chi connectivity index (χ1) is 12.3. The van der Waals surface area contributed by atoms with Gasteiger partial charge in [-0.2, -0.15) is 0 Å². The second-order valence-electron chi connectivity index (χ2n) is 4.65. The molecule has 0 aliphatic heterocycles. The van der Waals surface area contributed by atoms with Crippen molar-refractivity contribution in [2.45, 2.75) is 47.0 Å². The fourth-order valence-electron chi connectivity index (χ4n) is 1.44. The Morgan fingerprint density at radius 1 is 0.962 bits per heavy atom. The molecule has 1 N–H and O–H groups in total. The number of benzene rings is 1. The number of hydrogen-bond acceptors (Lipinski definition) is 1. The summed E-state index contributed by atoms with van der Waals surface area (Å²) >= 11 is 0. The zero-order chi connectivity index (χ0) is 21.3. The van der Waals surface area contributed by atoms with Gasteiger partial charge in [-0.1, -0.05) is 48.1 Å². The smallest absolute Gasteiger partial charge is 0.200 e. The zero-order valence-corrected chi connectivity index (χ0v) is 17.1. The van der Waals surface area contributed by atoms with E-state index >= 15 is 0 Å². The molecule has 0 aliphatic carbocycles. The van der Waals surface area contributed by atoms with Crippen LogP contribution in [-0.2, 0) is 0 Å². The summed E-state index contributed by atoms with van der Waals surface area (Å²) in [6.07, 6.45) is 11.7. The van der Waals surface area contributed by atoms with Crippen LogP contribution in [0.1, 0.15) is 45.6 Å². The summed E-state index contributed by atoms with van der Waals surface area (Å²) in [7, 11) is 0.845. The number of hydrogen-bond donors (Lipinski definition) is 1. The van der Waals surface area contributed by atoms with Gasteiger partial charge in [-0.15, -0.1) is 12.8 Å². The van der Waals surface area contributed by atoms with Crippen molar-refractivity contribution in [1.82, 2.24) is 5.09 Å². The molecule has 1 nitrogen and oxygen atoms in total. The topological polar surface area (TPSA) is 12.0 Å². The molecular formula is C19H29F5NP. The first-order valence-corrected chi connectivity index (χ1v) is 9.65. The van der Waals surface area contributed by atoms with Crippen molar-refractivity contribution in [1.29, 1.82) is 0 Å². The van der Waals surface area contributed by atoms with E-state index in [0.717, 1.165) is 22.2 Å². The molecule has 1 atom stereocenters. The summed E-state index contributed by atoms with van der Waals surface area (Å²) in [4.78, 5) is 0. The minimum absolute atomic E-state index is 0.816. The molecule has 0 aromatic heterocycles. The Kier molecular flexibility index (Phi) is 20.7. The Morgan fingerprint density at radius 3 is 1.69 bits per heavy atom. The van der Waals surface area contributed by atoms with Gasteiger partial charge >= 0.3 is 0 Å². The van der Waals surface area contributed by atoms with Crippen molar-refractivity contribution in [2.24, 2.45) is 0 Å². The van der Waals surface area contributed by atoms with Crippen molar-refractivity contribution in [3.05, 3.63) is 46.8 Å². The number of terminal acetylenes is 1. The van der Waals surface area contributed by atoms with E-state index in [1.165, 1.54) is 24.8 Å². The summed E-state index contributed by atoms with van der Waals surface area (Å²) in [5, 5.41) is 3.29. The van der Waals surface area contributed by atoms with Gasteiger partial charge in [0.25, 0.3) is 0 Å². The minimum Gasteiger partial charge on any atom is -0.294 e. The van der Waals surface area contributed by atoms with Crippen LogP contribution in [0.3, 0.4) is 0 Å². The van der Waals surface area contributed by atoms with E-state index in [9.17, 15) is 22.0 Å². The lowest BCUT2D eigenvalue weighted by atomic mass is 10.1. The molecule has 150 valence electrons. The molecule has 0 saturated heterocycles. The molecule has 0 heterocycles. The lowest BCUT2D eigenvalue weighted by Crippen LogP contribution is -2.05. The monoisotopic (exact) mass is 397 g/mol. The van der Waals surface area contributed by atoms with Crippen molar-refractivity contribution in [2.75, 3.05) is 13.2 Å². The highest BCUT2D eigenvalue weighted by Gasteiger charge is 2.22. The highest BCUT2D eigenvalue weighted by atomic mass is 31.1. The zero-order valence-electron chi connectivity index (χ0n) is 16.1. The Bertz CT molecular complexity index is 429. The molecular weight excluding hydrogens is 368 g/mol. The maximum Gasteiger partial charge on any atom is 0.200 e. The second-order valence-corrected chi connectivity index (χ2v) is 5.51. The van der Waals surface area contributed by atoms with Gasteiger partial charge in [0.15, 0.2) is 23.3 Å². The Morgan fingerprint density at radius 2 is 1.35 bits per heavy atom. The molecule has 26 heavy (non-hydrogen) atoms. The molecule has 7 heteroatoms. The summed E-state index contributed by atoms with van der Waals surface area (Å²) in [5.74, 6) is -9.52. The fourth-order valence-corrected chi connectivity index (χ4v) is 1.87. The lowest BCUT2D eigenvalue weighted by molar-refractivity contribution is 0.373. The molecule has 0 aliphatic rings.